The van der Waals surface area contributed by atoms with Crippen LogP contribution in [0.2, 0.25) is 5.02 Å². The fraction of sp³-hybridized carbons (Fsp3) is 0.462. The molecule has 3 heteroatoms. The average molecular weight is 241 g/mol. The first-order valence-electron chi connectivity index (χ1n) is 5.33. The van der Waals surface area contributed by atoms with Crippen molar-refractivity contribution in [3.8, 4) is 5.75 Å². The smallest absolute Gasteiger partial charge is 0.122 e. The summed E-state index contributed by atoms with van der Waals surface area (Å²) >= 11 is 6.20. The van der Waals surface area contributed by atoms with E-state index in [9.17, 15) is 9.90 Å². The molecule has 2 nitrogen and oxygen atoms in total. The molecule has 0 radical (unpaired) electrons. The molecule has 16 heavy (non-hydrogen) atoms. The molecule has 0 aromatic heterocycles. The Kier molecular flexibility index (Phi) is 3.98. The molecule has 0 heterocycles. The molecule has 0 aliphatic carbocycles. The van der Waals surface area contributed by atoms with Crippen molar-refractivity contribution in [1.29, 1.82) is 0 Å². The average Bonchev–Trinajstić information content (AvgIpc) is 2.24. The van der Waals surface area contributed by atoms with E-state index in [-0.39, 0.29) is 11.7 Å². The zero-order valence-corrected chi connectivity index (χ0v) is 10.9. The number of benzene rings is 1. The highest BCUT2D eigenvalue weighted by Gasteiger charge is 2.19. The van der Waals surface area contributed by atoms with Gasteiger partial charge in [-0.1, -0.05) is 18.5 Å². The van der Waals surface area contributed by atoms with E-state index < -0.39 is 0 Å². The number of halogens is 1. The summed E-state index contributed by atoms with van der Waals surface area (Å²) in [6.07, 6.45) is 1.26. The summed E-state index contributed by atoms with van der Waals surface area (Å²) in [4.78, 5) is 10.5. The first kappa shape index (κ1) is 13.0. The molecule has 0 aliphatic heterocycles. The predicted octanol–water partition coefficient (Wildman–Crippen LogP) is 3.66. The number of hydrogen-bond acceptors (Lipinski definition) is 2. The van der Waals surface area contributed by atoms with Gasteiger partial charge in [0, 0.05) is 17.0 Å². The summed E-state index contributed by atoms with van der Waals surface area (Å²) in [5.41, 5.74) is 3.36. The number of aromatic hydroxyl groups is 1. The van der Waals surface area contributed by atoms with Gasteiger partial charge in [-0.2, -0.15) is 0 Å². The minimum atomic E-state index is -0.00528. The van der Waals surface area contributed by atoms with Gasteiger partial charge < -0.3 is 9.90 Å². The zero-order valence-electron chi connectivity index (χ0n) is 10.1. The van der Waals surface area contributed by atoms with Gasteiger partial charge in [0.1, 0.15) is 12.0 Å². The van der Waals surface area contributed by atoms with Crippen molar-refractivity contribution in [1.82, 2.24) is 0 Å². The van der Waals surface area contributed by atoms with Gasteiger partial charge in [-0.05, 0) is 43.4 Å². The van der Waals surface area contributed by atoms with E-state index in [1.54, 1.807) is 0 Å². The molecule has 0 amide bonds. The van der Waals surface area contributed by atoms with Crippen LogP contribution in [0.15, 0.2) is 0 Å². The first-order valence-corrected chi connectivity index (χ1v) is 5.71. The third kappa shape index (κ3) is 2.07. The van der Waals surface area contributed by atoms with Crippen molar-refractivity contribution in [2.75, 3.05) is 0 Å². The Morgan fingerprint density at radius 2 is 1.81 bits per heavy atom. The standard InChI is InChI=1S/C13H17ClO2/c1-7(5-6-15)11-10(4)12(14)8(2)9(3)13(11)16/h6-7,16H,5H2,1-4H3. The van der Waals surface area contributed by atoms with Crippen LogP contribution >= 0.6 is 11.6 Å². The maximum Gasteiger partial charge on any atom is 0.122 e. The van der Waals surface area contributed by atoms with Gasteiger partial charge in [-0.25, -0.2) is 0 Å². The molecular formula is C13H17ClO2. The molecule has 0 aliphatic rings. The number of phenols is 1. The third-order valence-corrected chi connectivity index (χ3v) is 3.74. The minimum absolute atomic E-state index is 0.00528. The van der Waals surface area contributed by atoms with Crippen molar-refractivity contribution >= 4 is 17.9 Å². The molecule has 1 aromatic carbocycles. The highest BCUT2D eigenvalue weighted by atomic mass is 35.5. The zero-order chi connectivity index (χ0) is 12.5. The highest BCUT2D eigenvalue weighted by molar-refractivity contribution is 6.32. The fourth-order valence-electron chi connectivity index (χ4n) is 1.99. The van der Waals surface area contributed by atoms with Crippen LogP contribution in [0.1, 0.15) is 41.5 Å². The second-order valence-corrected chi connectivity index (χ2v) is 4.63. The van der Waals surface area contributed by atoms with Crippen molar-refractivity contribution < 1.29 is 9.90 Å². The van der Waals surface area contributed by atoms with Gasteiger partial charge in [-0.3, -0.25) is 0 Å². The summed E-state index contributed by atoms with van der Waals surface area (Å²) in [7, 11) is 0. The lowest BCUT2D eigenvalue weighted by Gasteiger charge is -2.19. The summed E-state index contributed by atoms with van der Waals surface area (Å²) in [6.45, 7) is 7.53. The molecule has 1 N–H and O–H groups in total. The van der Waals surface area contributed by atoms with E-state index in [0.717, 1.165) is 28.5 Å². The Morgan fingerprint density at radius 1 is 1.25 bits per heavy atom. The van der Waals surface area contributed by atoms with Gasteiger partial charge in [0.2, 0.25) is 0 Å². The number of aldehydes is 1. The lowest BCUT2D eigenvalue weighted by molar-refractivity contribution is -0.108. The monoisotopic (exact) mass is 240 g/mol. The summed E-state index contributed by atoms with van der Waals surface area (Å²) in [5.74, 6) is 0.267. The number of hydrogen-bond donors (Lipinski definition) is 1. The fourth-order valence-corrected chi connectivity index (χ4v) is 2.23. The third-order valence-electron chi connectivity index (χ3n) is 3.18. The predicted molar refractivity (Wildman–Crippen MR) is 66.4 cm³/mol. The molecule has 88 valence electrons. The minimum Gasteiger partial charge on any atom is -0.507 e. The van der Waals surface area contributed by atoms with Crippen LogP contribution in [0, 0.1) is 20.8 Å². The SMILES string of the molecule is Cc1c(C)c(Cl)c(C)c(C(C)CC=O)c1O. The van der Waals surface area contributed by atoms with E-state index in [1.807, 2.05) is 27.7 Å². The number of carbonyl (C=O) groups excluding carboxylic acids is 1. The highest BCUT2D eigenvalue weighted by Crippen LogP contribution is 2.39. The summed E-state index contributed by atoms with van der Waals surface area (Å²) in [6, 6.07) is 0. The maximum absolute atomic E-state index is 10.5. The quantitative estimate of drug-likeness (QED) is 0.819. The van der Waals surface area contributed by atoms with Crippen LogP contribution < -0.4 is 0 Å². The van der Waals surface area contributed by atoms with Gasteiger partial charge in [-0.15, -0.1) is 0 Å². The van der Waals surface area contributed by atoms with Gasteiger partial charge >= 0.3 is 0 Å². The van der Waals surface area contributed by atoms with Crippen LogP contribution in [0.4, 0.5) is 0 Å². The number of rotatable bonds is 3. The van der Waals surface area contributed by atoms with E-state index >= 15 is 0 Å². The van der Waals surface area contributed by atoms with Gasteiger partial charge in [0.05, 0.1) is 0 Å². The van der Waals surface area contributed by atoms with E-state index in [4.69, 9.17) is 11.6 Å². The van der Waals surface area contributed by atoms with E-state index in [0.29, 0.717) is 11.4 Å². The molecule has 0 spiro atoms. The summed E-state index contributed by atoms with van der Waals surface area (Å²) in [5, 5.41) is 10.8. The van der Waals surface area contributed by atoms with Gasteiger partial charge in [0.25, 0.3) is 0 Å². The molecular weight excluding hydrogens is 224 g/mol. The second kappa shape index (κ2) is 4.88. The van der Waals surface area contributed by atoms with E-state index in [2.05, 4.69) is 0 Å². The normalized spacial score (nSPS) is 12.6. The molecule has 1 atom stereocenters. The van der Waals surface area contributed by atoms with Crippen molar-refractivity contribution in [3.63, 3.8) is 0 Å². The molecule has 0 bridgehead atoms. The first-order chi connectivity index (χ1) is 7.41. The Bertz CT molecular complexity index is 395. The summed E-state index contributed by atoms with van der Waals surface area (Å²) < 4.78 is 0. The Hall–Kier alpha value is -1.02. The number of carbonyl (C=O) groups is 1. The molecule has 1 rings (SSSR count). The van der Waals surface area contributed by atoms with Crippen LogP contribution in [-0.2, 0) is 4.79 Å². The van der Waals surface area contributed by atoms with Crippen molar-refractivity contribution in [3.05, 3.63) is 27.3 Å². The Balaban J connectivity index is 3.44. The van der Waals surface area contributed by atoms with Crippen LogP contribution in [0.5, 0.6) is 5.75 Å². The van der Waals surface area contributed by atoms with E-state index in [1.165, 1.54) is 0 Å². The Labute approximate surface area is 101 Å². The molecule has 1 unspecified atom stereocenters. The lowest BCUT2D eigenvalue weighted by atomic mass is 9.89. The molecule has 0 saturated heterocycles. The lowest BCUT2D eigenvalue weighted by Crippen LogP contribution is -2.02. The van der Waals surface area contributed by atoms with Crippen molar-refractivity contribution in [2.45, 2.75) is 40.0 Å². The maximum atomic E-state index is 10.5. The molecule has 0 saturated carbocycles. The van der Waals surface area contributed by atoms with Gasteiger partial charge in [0.15, 0.2) is 0 Å². The second-order valence-electron chi connectivity index (χ2n) is 4.25. The van der Waals surface area contributed by atoms with Crippen molar-refractivity contribution in [2.24, 2.45) is 0 Å². The van der Waals surface area contributed by atoms with Crippen LogP contribution in [0.25, 0.3) is 0 Å². The molecule has 1 aromatic rings. The topological polar surface area (TPSA) is 37.3 Å². The molecule has 0 fully saturated rings. The Morgan fingerprint density at radius 3 is 2.31 bits per heavy atom. The van der Waals surface area contributed by atoms with Crippen LogP contribution in [-0.4, -0.2) is 11.4 Å². The van der Waals surface area contributed by atoms with Crippen LogP contribution in [0.3, 0.4) is 0 Å². The largest absolute Gasteiger partial charge is 0.507 e. The number of phenolic OH excluding ortho intramolecular Hbond substituents is 1.